The molecule has 0 heterocycles. The van der Waals surface area contributed by atoms with E-state index in [0.29, 0.717) is 16.7 Å². The van der Waals surface area contributed by atoms with Crippen LogP contribution < -0.4 is 0 Å². The second-order valence-corrected chi connectivity index (χ2v) is 7.71. The lowest BCUT2D eigenvalue weighted by atomic mass is 9.77. The number of hydrogen-bond donors (Lipinski definition) is 1. The highest BCUT2D eigenvalue weighted by Crippen LogP contribution is 2.38. The summed E-state index contributed by atoms with van der Waals surface area (Å²) in [4.78, 5) is 33.1. The lowest BCUT2D eigenvalue weighted by molar-refractivity contribution is -0.386. The average Bonchev–Trinajstić information content (AvgIpc) is 2.55. The minimum atomic E-state index is -1.49. The van der Waals surface area contributed by atoms with Gasteiger partial charge in [-0.2, -0.15) is 0 Å². The van der Waals surface area contributed by atoms with E-state index in [9.17, 15) is 19.7 Å². The van der Waals surface area contributed by atoms with Gasteiger partial charge in [-0.1, -0.05) is 34.6 Å². The van der Waals surface area contributed by atoms with E-state index in [4.69, 9.17) is 9.84 Å². The Morgan fingerprint density at radius 1 is 1.11 bits per heavy atom. The van der Waals surface area contributed by atoms with Gasteiger partial charge in [0.05, 0.1) is 12.0 Å². The number of nitro benzene ring substituents is 1. The van der Waals surface area contributed by atoms with Crippen molar-refractivity contribution in [1.29, 1.82) is 0 Å². The maximum atomic E-state index is 11.5. The minimum Gasteiger partial charge on any atom is -0.450 e. The smallest absolute Gasteiger partial charge is 0.450 e. The zero-order valence-corrected chi connectivity index (χ0v) is 16.3. The number of carboxylic acid groups (broad SMARTS) is 1. The predicted molar refractivity (Wildman–Crippen MR) is 96.0 cm³/mol. The molecule has 0 bridgehead atoms. The first kappa shape index (κ1) is 22.2. The van der Waals surface area contributed by atoms with Crippen molar-refractivity contribution in [3.63, 3.8) is 0 Å². The Kier molecular flexibility index (Phi) is 6.77. The molecule has 0 atom stereocenters. The van der Waals surface area contributed by atoms with Crippen molar-refractivity contribution in [3.05, 3.63) is 38.9 Å². The third-order valence-corrected chi connectivity index (χ3v) is 4.02. The first-order chi connectivity index (χ1) is 12.3. The predicted octanol–water partition coefficient (Wildman–Crippen LogP) is 4.15. The largest absolute Gasteiger partial charge is 0.508 e. The molecule has 0 fully saturated rings. The quantitative estimate of drug-likeness (QED) is 0.441. The molecule has 150 valence electrons. The Morgan fingerprint density at radius 3 is 2.15 bits per heavy atom. The van der Waals surface area contributed by atoms with Gasteiger partial charge in [0.1, 0.15) is 13.2 Å². The Labute approximate surface area is 157 Å². The van der Waals surface area contributed by atoms with Gasteiger partial charge in [0.15, 0.2) is 0 Å². The summed E-state index contributed by atoms with van der Waals surface area (Å²) in [5.41, 5.74) is -0.0465. The van der Waals surface area contributed by atoms with Crippen molar-refractivity contribution in [2.24, 2.45) is 0 Å². The highest BCUT2D eigenvalue weighted by Gasteiger charge is 2.33. The Balaban J connectivity index is 3.54. The summed E-state index contributed by atoms with van der Waals surface area (Å²) in [7, 11) is 1.19. The van der Waals surface area contributed by atoms with Crippen molar-refractivity contribution in [2.45, 2.75) is 52.1 Å². The monoisotopic (exact) mass is 383 g/mol. The Bertz CT molecular complexity index is 734. The molecule has 1 rings (SSSR count). The molecule has 0 aliphatic rings. The fourth-order valence-corrected chi connectivity index (χ4v) is 2.65. The highest BCUT2D eigenvalue weighted by atomic mass is 16.7. The van der Waals surface area contributed by atoms with Gasteiger partial charge in [0.2, 0.25) is 0 Å². The molecule has 1 aromatic carbocycles. The van der Waals surface area contributed by atoms with E-state index in [1.165, 1.54) is 13.2 Å². The molecule has 9 nitrogen and oxygen atoms in total. The van der Waals surface area contributed by atoms with Crippen molar-refractivity contribution >= 4 is 18.0 Å². The van der Waals surface area contributed by atoms with Gasteiger partial charge < -0.3 is 19.3 Å². The van der Waals surface area contributed by atoms with Crippen molar-refractivity contribution in [1.82, 2.24) is 0 Å². The van der Waals surface area contributed by atoms with Crippen LogP contribution in [-0.4, -0.2) is 36.1 Å². The molecule has 0 radical (unpaired) electrons. The standard InChI is InChI=1S/C18H25NO8/c1-17(2,3)13-8-12(18(4,5)10-27-16(22)25-6)11(9-26-15(20)21)7-14(13)19(23)24/h7-8H,9-10H2,1-6H3,(H,20,21). The number of benzene rings is 1. The van der Waals surface area contributed by atoms with Gasteiger partial charge in [-0.15, -0.1) is 0 Å². The van der Waals surface area contributed by atoms with E-state index in [2.05, 4.69) is 9.47 Å². The number of carbonyl (C=O) groups excluding carboxylic acids is 1. The van der Waals surface area contributed by atoms with Crippen LogP contribution in [0.3, 0.4) is 0 Å². The molecule has 0 saturated heterocycles. The van der Waals surface area contributed by atoms with Gasteiger partial charge in [0.25, 0.3) is 5.69 Å². The van der Waals surface area contributed by atoms with Crippen molar-refractivity contribution in [2.75, 3.05) is 13.7 Å². The number of nitrogens with zero attached hydrogens (tertiary/aromatic N) is 1. The second-order valence-electron chi connectivity index (χ2n) is 7.71. The number of methoxy groups -OCH3 is 1. The van der Waals surface area contributed by atoms with E-state index in [1.807, 2.05) is 20.8 Å². The molecule has 0 aromatic heterocycles. The van der Waals surface area contributed by atoms with Crippen LogP contribution in [-0.2, 0) is 31.6 Å². The van der Waals surface area contributed by atoms with Crippen LogP contribution in [0.2, 0.25) is 0 Å². The van der Waals surface area contributed by atoms with Crippen LogP contribution in [0, 0.1) is 10.1 Å². The number of ether oxygens (including phenoxy) is 3. The Morgan fingerprint density at radius 2 is 1.70 bits per heavy atom. The molecular weight excluding hydrogens is 358 g/mol. The third kappa shape index (κ3) is 5.83. The summed E-state index contributed by atoms with van der Waals surface area (Å²) in [6, 6.07) is 2.97. The summed E-state index contributed by atoms with van der Waals surface area (Å²) in [6.45, 7) is 8.62. The molecular formula is C18H25NO8. The molecule has 1 aromatic rings. The van der Waals surface area contributed by atoms with E-state index in [0.717, 1.165) is 0 Å². The van der Waals surface area contributed by atoms with Crippen LogP contribution in [0.15, 0.2) is 12.1 Å². The van der Waals surface area contributed by atoms with Gasteiger partial charge in [0, 0.05) is 22.6 Å². The van der Waals surface area contributed by atoms with Crippen molar-refractivity contribution in [3.8, 4) is 0 Å². The molecule has 0 amide bonds. The lowest BCUT2D eigenvalue weighted by Gasteiger charge is -2.29. The number of hydrogen-bond acceptors (Lipinski definition) is 7. The number of rotatable bonds is 6. The minimum absolute atomic E-state index is 0.0683. The topological polar surface area (TPSA) is 125 Å². The summed E-state index contributed by atoms with van der Waals surface area (Å²) >= 11 is 0. The molecule has 0 saturated carbocycles. The van der Waals surface area contributed by atoms with E-state index < -0.39 is 28.1 Å². The van der Waals surface area contributed by atoms with Gasteiger partial charge in [-0.3, -0.25) is 10.1 Å². The molecule has 0 aliphatic carbocycles. The number of carbonyl (C=O) groups is 2. The molecule has 0 aliphatic heterocycles. The Hall–Kier alpha value is -2.84. The van der Waals surface area contributed by atoms with E-state index >= 15 is 0 Å². The first-order valence-corrected chi connectivity index (χ1v) is 8.18. The zero-order valence-electron chi connectivity index (χ0n) is 16.3. The molecule has 0 unspecified atom stereocenters. The third-order valence-electron chi connectivity index (χ3n) is 4.02. The first-order valence-electron chi connectivity index (χ1n) is 8.18. The number of nitro groups is 1. The summed E-state index contributed by atoms with van der Waals surface area (Å²) < 4.78 is 14.1. The van der Waals surface area contributed by atoms with Crippen LogP contribution in [0.4, 0.5) is 15.3 Å². The molecule has 1 N–H and O–H groups in total. The highest BCUT2D eigenvalue weighted by molar-refractivity contribution is 5.60. The maximum absolute atomic E-state index is 11.5. The molecule has 9 heteroatoms. The SMILES string of the molecule is COC(=O)OCC(C)(C)c1cc(C(C)(C)C)c([N+](=O)[O-])cc1COC(=O)O. The summed E-state index contributed by atoms with van der Waals surface area (Å²) in [5.74, 6) is 0. The van der Waals surface area contributed by atoms with E-state index in [-0.39, 0.29) is 18.9 Å². The van der Waals surface area contributed by atoms with Crippen LogP contribution >= 0.6 is 0 Å². The van der Waals surface area contributed by atoms with Gasteiger partial charge >= 0.3 is 12.3 Å². The molecule has 0 spiro atoms. The van der Waals surface area contributed by atoms with Crippen molar-refractivity contribution < 1.29 is 33.8 Å². The van der Waals surface area contributed by atoms with E-state index in [1.54, 1.807) is 19.9 Å². The van der Waals surface area contributed by atoms with Gasteiger partial charge in [-0.25, -0.2) is 9.59 Å². The second kappa shape index (κ2) is 8.24. The fraction of sp³-hybridized carbons (Fsp3) is 0.556. The van der Waals surface area contributed by atoms with Crippen LogP contribution in [0.1, 0.15) is 51.3 Å². The fourth-order valence-electron chi connectivity index (χ4n) is 2.65. The summed E-state index contributed by atoms with van der Waals surface area (Å²) in [5, 5.41) is 20.3. The van der Waals surface area contributed by atoms with Crippen LogP contribution in [0.25, 0.3) is 0 Å². The van der Waals surface area contributed by atoms with Crippen LogP contribution in [0.5, 0.6) is 0 Å². The summed E-state index contributed by atoms with van der Waals surface area (Å²) in [6.07, 6.45) is -2.35. The maximum Gasteiger partial charge on any atom is 0.508 e. The average molecular weight is 383 g/mol. The molecule has 27 heavy (non-hydrogen) atoms. The lowest BCUT2D eigenvalue weighted by Crippen LogP contribution is -2.29. The van der Waals surface area contributed by atoms with Gasteiger partial charge in [-0.05, 0) is 17.0 Å². The normalized spacial score (nSPS) is 11.6. The zero-order chi connectivity index (χ0) is 21.0.